The molecule has 1 heterocycles. The minimum absolute atomic E-state index is 0.0896. The number of rotatable bonds is 6. The first-order valence-corrected chi connectivity index (χ1v) is 10.3. The van der Waals surface area contributed by atoms with E-state index in [0.29, 0.717) is 41.3 Å². The summed E-state index contributed by atoms with van der Waals surface area (Å²) in [5.41, 5.74) is 0.710. The normalized spacial score (nSPS) is 23.9. The molecule has 2 bridgehead atoms. The van der Waals surface area contributed by atoms with Gasteiger partial charge in [0.15, 0.2) is 0 Å². The molecule has 2 fully saturated rings. The van der Waals surface area contributed by atoms with Gasteiger partial charge in [0.25, 0.3) is 0 Å². The molecule has 144 valence electrons. The molecule has 1 aromatic carbocycles. The van der Waals surface area contributed by atoms with Crippen molar-refractivity contribution in [2.75, 3.05) is 0 Å². The molecule has 0 aliphatic heterocycles. The van der Waals surface area contributed by atoms with Gasteiger partial charge in [-0.05, 0) is 63.0 Å². The molecule has 4 rings (SSSR count). The molecule has 2 aliphatic carbocycles. The van der Waals surface area contributed by atoms with Crippen LogP contribution in [0.15, 0.2) is 28.7 Å². The summed E-state index contributed by atoms with van der Waals surface area (Å²) in [6.45, 7) is 4.41. The second-order valence-corrected chi connectivity index (χ2v) is 8.64. The van der Waals surface area contributed by atoms with Gasteiger partial charge in [0.2, 0.25) is 17.7 Å². The van der Waals surface area contributed by atoms with Crippen molar-refractivity contribution < 1.29 is 9.21 Å². The Morgan fingerprint density at radius 1 is 1.26 bits per heavy atom. The molecule has 1 amide bonds. The van der Waals surface area contributed by atoms with Crippen LogP contribution in [0.4, 0.5) is 0 Å². The zero-order chi connectivity index (χ0) is 19.0. The molecule has 2 saturated carbocycles. The van der Waals surface area contributed by atoms with E-state index in [1.165, 1.54) is 25.7 Å². The summed E-state index contributed by atoms with van der Waals surface area (Å²) < 4.78 is 5.80. The largest absolute Gasteiger partial charge is 0.419 e. The van der Waals surface area contributed by atoms with E-state index in [0.717, 1.165) is 11.8 Å². The second kappa shape index (κ2) is 7.63. The molecule has 1 aromatic heterocycles. The van der Waals surface area contributed by atoms with Gasteiger partial charge in [0, 0.05) is 12.5 Å². The van der Waals surface area contributed by atoms with Crippen LogP contribution in [0.2, 0.25) is 5.02 Å². The van der Waals surface area contributed by atoms with Crippen molar-refractivity contribution in [2.24, 2.45) is 17.8 Å². The summed E-state index contributed by atoms with van der Waals surface area (Å²) in [6, 6.07) is 7.47. The molecular weight excluding hydrogens is 362 g/mol. The van der Waals surface area contributed by atoms with Gasteiger partial charge in [-0.25, -0.2) is 0 Å². The highest BCUT2D eigenvalue weighted by Gasteiger charge is 2.40. The lowest BCUT2D eigenvalue weighted by molar-refractivity contribution is -0.135. The Kier molecular flexibility index (Phi) is 5.22. The molecule has 3 atom stereocenters. The van der Waals surface area contributed by atoms with Crippen molar-refractivity contribution in [1.82, 2.24) is 15.1 Å². The van der Waals surface area contributed by atoms with Gasteiger partial charge in [-0.1, -0.05) is 30.2 Å². The Morgan fingerprint density at radius 2 is 2.07 bits per heavy atom. The van der Waals surface area contributed by atoms with Gasteiger partial charge < -0.3 is 9.32 Å². The third kappa shape index (κ3) is 3.88. The third-order valence-electron chi connectivity index (χ3n) is 6.14. The Morgan fingerprint density at radius 3 is 2.74 bits per heavy atom. The van der Waals surface area contributed by atoms with E-state index in [9.17, 15) is 4.79 Å². The Hall–Kier alpha value is -1.88. The first-order valence-electron chi connectivity index (χ1n) is 9.88. The van der Waals surface area contributed by atoms with E-state index in [4.69, 9.17) is 16.0 Å². The lowest BCUT2D eigenvalue weighted by Gasteiger charge is -2.28. The molecule has 2 aliphatic rings. The summed E-state index contributed by atoms with van der Waals surface area (Å²) in [5, 5.41) is 8.82. The molecule has 0 saturated heterocycles. The maximum atomic E-state index is 13.0. The topological polar surface area (TPSA) is 59.2 Å². The SMILES string of the molecule is CC(C)N(Cc1nnc(-c2ccccc2Cl)o1)C(=O)CC1CC2CCC1C2. The monoisotopic (exact) mass is 387 g/mol. The highest BCUT2D eigenvalue weighted by molar-refractivity contribution is 6.33. The van der Waals surface area contributed by atoms with E-state index < -0.39 is 0 Å². The van der Waals surface area contributed by atoms with E-state index in [1.54, 1.807) is 6.07 Å². The summed E-state index contributed by atoms with van der Waals surface area (Å²) >= 11 is 6.21. The molecule has 2 aromatic rings. The van der Waals surface area contributed by atoms with Crippen molar-refractivity contribution in [3.05, 3.63) is 35.2 Å². The number of carbonyl (C=O) groups is 1. The molecule has 0 N–H and O–H groups in total. The van der Waals surface area contributed by atoms with Crippen LogP contribution in [-0.2, 0) is 11.3 Å². The maximum Gasteiger partial charge on any atom is 0.249 e. The molecule has 5 nitrogen and oxygen atoms in total. The van der Waals surface area contributed by atoms with Gasteiger partial charge in [-0.15, -0.1) is 10.2 Å². The van der Waals surface area contributed by atoms with Crippen molar-refractivity contribution in [2.45, 2.75) is 58.5 Å². The first-order chi connectivity index (χ1) is 13.0. The van der Waals surface area contributed by atoms with Crippen LogP contribution in [0.5, 0.6) is 0 Å². The number of nitrogens with zero attached hydrogens (tertiary/aromatic N) is 3. The molecule has 0 radical (unpaired) electrons. The highest BCUT2D eigenvalue weighted by Crippen LogP contribution is 2.49. The zero-order valence-corrected chi connectivity index (χ0v) is 16.7. The summed E-state index contributed by atoms with van der Waals surface area (Å²) in [5.74, 6) is 3.19. The van der Waals surface area contributed by atoms with Crippen molar-refractivity contribution in [3.63, 3.8) is 0 Å². The zero-order valence-electron chi connectivity index (χ0n) is 15.9. The Balaban J connectivity index is 1.44. The third-order valence-corrected chi connectivity index (χ3v) is 6.47. The lowest BCUT2D eigenvalue weighted by Crippen LogP contribution is -2.38. The molecule has 3 unspecified atom stereocenters. The molecule has 0 spiro atoms. The van der Waals surface area contributed by atoms with Crippen LogP contribution in [0, 0.1) is 17.8 Å². The highest BCUT2D eigenvalue weighted by atomic mass is 35.5. The number of halogens is 1. The predicted octanol–water partition coefficient (Wildman–Crippen LogP) is 4.95. The van der Waals surface area contributed by atoms with Gasteiger partial charge in [-0.3, -0.25) is 4.79 Å². The fourth-order valence-electron chi connectivity index (χ4n) is 4.73. The maximum absolute atomic E-state index is 13.0. The molecule has 6 heteroatoms. The Bertz CT molecular complexity index is 819. The average Bonchev–Trinajstić information content (AvgIpc) is 3.36. The fraction of sp³-hybridized carbons (Fsp3) is 0.571. The van der Waals surface area contributed by atoms with Crippen molar-refractivity contribution in [3.8, 4) is 11.5 Å². The predicted molar refractivity (Wildman–Crippen MR) is 104 cm³/mol. The smallest absolute Gasteiger partial charge is 0.249 e. The van der Waals surface area contributed by atoms with Gasteiger partial charge >= 0.3 is 0 Å². The van der Waals surface area contributed by atoms with Gasteiger partial charge in [0.1, 0.15) is 0 Å². The molecular formula is C21H26ClN3O2. The standard InChI is InChI=1S/C21H26ClN3O2/c1-13(2)25(20(26)11-16-10-14-7-8-15(16)9-14)12-19-23-24-21(27-19)17-5-3-4-6-18(17)22/h3-6,13-16H,7-12H2,1-2H3. The van der Waals surface area contributed by atoms with Crippen LogP contribution in [0.3, 0.4) is 0 Å². The van der Waals surface area contributed by atoms with Crippen LogP contribution in [0.25, 0.3) is 11.5 Å². The van der Waals surface area contributed by atoms with E-state index in [1.807, 2.05) is 36.9 Å². The minimum atomic E-state index is 0.0896. The quantitative estimate of drug-likeness (QED) is 0.703. The fourth-order valence-corrected chi connectivity index (χ4v) is 4.95. The van der Waals surface area contributed by atoms with Crippen LogP contribution in [0.1, 0.15) is 51.8 Å². The van der Waals surface area contributed by atoms with Gasteiger partial charge in [0.05, 0.1) is 17.1 Å². The van der Waals surface area contributed by atoms with Crippen LogP contribution in [-0.4, -0.2) is 27.0 Å². The summed E-state index contributed by atoms with van der Waals surface area (Å²) in [6.07, 6.45) is 5.85. The first kappa shape index (κ1) is 18.5. The second-order valence-electron chi connectivity index (χ2n) is 8.24. The summed E-state index contributed by atoms with van der Waals surface area (Å²) in [7, 11) is 0. The van der Waals surface area contributed by atoms with Crippen molar-refractivity contribution in [1.29, 1.82) is 0 Å². The lowest BCUT2D eigenvalue weighted by atomic mass is 9.86. The number of fused-ring (bicyclic) bond motifs is 2. The van der Waals surface area contributed by atoms with Gasteiger partial charge in [-0.2, -0.15) is 0 Å². The van der Waals surface area contributed by atoms with Crippen molar-refractivity contribution >= 4 is 17.5 Å². The number of hydrogen-bond donors (Lipinski definition) is 0. The Labute approximate surface area is 165 Å². The number of aromatic nitrogens is 2. The number of benzene rings is 1. The molecule has 27 heavy (non-hydrogen) atoms. The number of amides is 1. The van der Waals surface area contributed by atoms with Crippen LogP contribution >= 0.6 is 11.6 Å². The van der Waals surface area contributed by atoms with E-state index >= 15 is 0 Å². The minimum Gasteiger partial charge on any atom is -0.419 e. The van der Waals surface area contributed by atoms with E-state index in [2.05, 4.69) is 10.2 Å². The summed E-state index contributed by atoms with van der Waals surface area (Å²) in [4.78, 5) is 14.8. The average molecular weight is 388 g/mol. The number of hydrogen-bond acceptors (Lipinski definition) is 4. The number of carbonyl (C=O) groups excluding carboxylic acids is 1. The van der Waals surface area contributed by atoms with Crippen LogP contribution < -0.4 is 0 Å². The van der Waals surface area contributed by atoms with E-state index in [-0.39, 0.29) is 11.9 Å².